The van der Waals surface area contributed by atoms with Crippen molar-refractivity contribution in [3.63, 3.8) is 0 Å². The van der Waals surface area contributed by atoms with Gasteiger partial charge in [-0.25, -0.2) is 9.67 Å². The van der Waals surface area contributed by atoms with E-state index in [-0.39, 0.29) is 6.04 Å². The van der Waals surface area contributed by atoms with Crippen molar-refractivity contribution >= 4 is 0 Å². The first-order chi connectivity index (χ1) is 8.66. The minimum absolute atomic E-state index is 0.129. The summed E-state index contributed by atoms with van der Waals surface area (Å²) in [4.78, 5) is 4.27. The lowest BCUT2D eigenvalue weighted by molar-refractivity contribution is 0.459. The van der Waals surface area contributed by atoms with Crippen molar-refractivity contribution in [2.24, 2.45) is 11.7 Å². The summed E-state index contributed by atoms with van der Waals surface area (Å²) >= 11 is 0. The van der Waals surface area contributed by atoms with Gasteiger partial charge in [-0.05, 0) is 17.5 Å². The summed E-state index contributed by atoms with van der Waals surface area (Å²) in [5, 5.41) is 11.8. The van der Waals surface area contributed by atoms with Crippen LogP contribution in [0.4, 0.5) is 0 Å². The summed E-state index contributed by atoms with van der Waals surface area (Å²) in [7, 11) is 0. The van der Waals surface area contributed by atoms with Gasteiger partial charge in [0.25, 0.3) is 0 Å². The van der Waals surface area contributed by atoms with Crippen molar-refractivity contribution in [1.29, 1.82) is 0 Å². The largest absolute Gasteiger partial charge is 0.324 e. The second kappa shape index (κ2) is 5.68. The SMILES string of the molecule is CC(C)Cn1ncnc1CC(N)c1ccnnc1. The van der Waals surface area contributed by atoms with E-state index in [1.54, 1.807) is 18.7 Å². The molecule has 2 aromatic rings. The Bertz CT molecular complexity index is 478. The topological polar surface area (TPSA) is 82.5 Å². The highest BCUT2D eigenvalue weighted by Gasteiger charge is 2.12. The fourth-order valence-corrected chi connectivity index (χ4v) is 1.78. The zero-order valence-electron chi connectivity index (χ0n) is 10.7. The van der Waals surface area contributed by atoms with Crippen LogP contribution in [0.15, 0.2) is 24.8 Å². The lowest BCUT2D eigenvalue weighted by Gasteiger charge is -2.12. The van der Waals surface area contributed by atoms with Gasteiger partial charge in [0.15, 0.2) is 0 Å². The van der Waals surface area contributed by atoms with Crippen molar-refractivity contribution < 1.29 is 0 Å². The average Bonchev–Trinajstić information content (AvgIpc) is 2.77. The maximum Gasteiger partial charge on any atom is 0.138 e. The molecule has 2 N–H and O–H groups in total. The zero-order valence-corrected chi connectivity index (χ0v) is 10.7. The number of rotatable bonds is 5. The maximum atomic E-state index is 6.14. The van der Waals surface area contributed by atoms with Crippen LogP contribution in [0.2, 0.25) is 0 Å². The number of nitrogens with zero attached hydrogens (tertiary/aromatic N) is 5. The maximum absolute atomic E-state index is 6.14. The molecule has 0 saturated heterocycles. The molecule has 0 amide bonds. The summed E-state index contributed by atoms with van der Waals surface area (Å²) in [6.45, 7) is 5.16. The smallest absolute Gasteiger partial charge is 0.138 e. The molecular weight excluding hydrogens is 228 g/mol. The van der Waals surface area contributed by atoms with Gasteiger partial charge >= 0.3 is 0 Å². The Morgan fingerprint density at radius 1 is 1.33 bits per heavy atom. The van der Waals surface area contributed by atoms with Gasteiger partial charge in [-0.2, -0.15) is 15.3 Å². The van der Waals surface area contributed by atoms with Gasteiger partial charge < -0.3 is 5.73 Å². The van der Waals surface area contributed by atoms with E-state index in [1.807, 2.05) is 10.7 Å². The third kappa shape index (κ3) is 3.10. The fourth-order valence-electron chi connectivity index (χ4n) is 1.78. The van der Waals surface area contributed by atoms with E-state index in [0.29, 0.717) is 12.3 Å². The molecule has 0 bridgehead atoms. The van der Waals surface area contributed by atoms with Gasteiger partial charge in [-0.3, -0.25) is 0 Å². The molecule has 0 aliphatic rings. The number of aromatic nitrogens is 5. The van der Waals surface area contributed by atoms with Crippen molar-refractivity contribution in [1.82, 2.24) is 25.0 Å². The number of hydrogen-bond acceptors (Lipinski definition) is 5. The van der Waals surface area contributed by atoms with Crippen LogP contribution in [0.3, 0.4) is 0 Å². The van der Waals surface area contributed by atoms with Crippen LogP contribution in [-0.4, -0.2) is 25.0 Å². The second-order valence-electron chi connectivity index (χ2n) is 4.74. The molecule has 2 rings (SSSR count). The van der Waals surface area contributed by atoms with Gasteiger partial charge in [0, 0.05) is 25.2 Å². The molecule has 96 valence electrons. The van der Waals surface area contributed by atoms with Crippen molar-refractivity contribution in [2.75, 3.05) is 0 Å². The first-order valence-corrected chi connectivity index (χ1v) is 6.05. The van der Waals surface area contributed by atoms with E-state index in [4.69, 9.17) is 5.73 Å². The van der Waals surface area contributed by atoms with E-state index < -0.39 is 0 Å². The summed E-state index contributed by atoms with van der Waals surface area (Å²) < 4.78 is 1.92. The Hall–Kier alpha value is -1.82. The Kier molecular flexibility index (Phi) is 3.99. The van der Waals surface area contributed by atoms with Gasteiger partial charge in [0.1, 0.15) is 12.2 Å². The quantitative estimate of drug-likeness (QED) is 0.849. The van der Waals surface area contributed by atoms with Gasteiger partial charge in [0.2, 0.25) is 0 Å². The van der Waals surface area contributed by atoms with Crippen LogP contribution in [-0.2, 0) is 13.0 Å². The normalized spacial score (nSPS) is 12.9. The van der Waals surface area contributed by atoms with E-state index in [2.05, 4.69) is 34.1 Å². The number of hydrogen-bond donors (Lipinski definition) is 1. The molecule has 18 heavy (non-hydrogen) atoms. The first-order valence-electron chi connectivity index (χ1n) is 6.05. The monoisotopic (exact) mass is 246 g/mol. The molecule has 6 heteroatoms. The Morgan fingerprint density at radius 3 is 2.83 bits per heavy atom. The molecule has 0 saturated carbocycles. The van der Waals surface area contributed by atoms with Crippen molar-refractivity contribution in [3.8, 4) is 0 Å². The molecule has 0 aliphatic heterocycles. The van der Waals surface area contributed by atoms with Crippen LogP contribution < -0.4 is 5.73 Å². The van der Waals surface area contributed by atoms with E-state index in [1.165, 1.54) is 0 Å². The summed E-state index contributed by atoms with van der Waals surface area (Å²) in [6, 6.07) is 1.75. The molecule has 0 aromatic carbocycles. The molecule has 1 unspecified atom stereocenters. The van der Waals surface area contributed by atoms with Crippen LogP contribution in [0, 0.1) is 5.92 Å². The minimum Gasteiger partial charge on any atom is -0.324 e. The van der Waals surface area contributed by atoms with Gasteiger partial charge in [-0.1, -0.05) is 13.8 Å². The number of nitrogens with two attached hydrogens (primary N) is 1. The van der Waals surface area contributed by atoms with Gasteiger partial charge in [-0.15, -0.1) is 0 Å². The van der Waals surface area contributed by atoms with Crippen molar-refractivity contribution in [2.45, 2.75) is 32.9 Å². The second-order valence-corrected chi connectivity index (χ2v) is 4.74. The lowest BCUT2D eigenvalue weighted by atomic mass is 10.1. The van der Waals surface area contributed by atoms with Crippen molar-refractivity contribution in [3.05, 3.63) is 36.2 Å². The minimum atomic E-state index is -0.129. The van der Waals surface area contributed by atoms with E-state index >= 15 is 0 Å². The highest BCUT2D eigenvalue weighted by molar-refractivity contribution is 5.12. The lowest BCUT2D eigenvalue weighted by Crippen LogP contribution is -2.18. The Morgan fingerprint density at radius 2 is 2.17 bits per heavy atom. The molecule has 0 fully saturated rings. The van der Waals surface area contributed by atoms with Crippen LogP contribution in [0.25, 0.3) is 0 Å². The molecule has 0 spiro atoms. The first kappa shape index (κ1) is 12.6. The van der Waals surface area contributed by atoms with Crippen LogP contribution >= 0.6 is 0 Å². The third-order valence-corrected chi connectivity index (χ3v) is 2.67. The molecule has 0 radical (unpaired) electrons. The third-order valence-electron chi connectivity index (χ3n) is 2.67. The summed E-state index contributed by atoms with van der Waals surface area (Å²) in [5.41, 5.74) is 7.10. The molecule has 2 aromatic heterocycles. The summed E-state index contributed by atoms with van der Waals surface area (Å²) in [6.07, 6.45) is 5.56. The zero-order chi connectivity index (χ0) is 13.0. The fraction of sp³-hybridized carbons (Fsp3) is 0.500. The average molecular weight is 246 g/mol. The molecule has 2 heterocycles. The highest BCUT2D eigenvalue weighted by atomic mass is 15.3. The van der Waals surface area contributed by atoms with Gasteiger partial charge in [0.05, 0.1) is 6.20 Å². The van der Waals surface area contributed by atoms with Crippen LogP contribution in [0.5, 0.6) is 0 Å². The Balaban J connectivity index is 2.08. The molecular formula is C12H18N6. The van der Waals surface area contributed by atoms with Crippen LogP contribution in [0.1, 0.15) is 31.3 Å². The molecule has 1 atom stereocenters. The van der Waals surface area contributed by atoms with E-state index in [0.717, 1.165) is 17.9 Å². The standard InChI is InChI=1S/C12H18N6/c1-9(2)7-18-12(14-8-17-18)5-11(13)10-3-4-15-16-6-10/h3-4,6,8-9,11H,5,7,13H2,1-2H3. The summed E-state index contributed by atoms with van der Waals surface area (Å²) in [5.74, 6) is 1.44. The molecule has 6 nitrogen and oxygen atoms in total. The Labute approximate surface area is 106 Å². The van der Waals surface area contributed by atoms with E-state index in [9.17, 15) is 0 Å². The predicted octanol–water partition coefficient (Wildman–Crippen LogP) is 0.967. The molecule has 0 aliphatic carbocycles. The highest BCUT2D eigenvalue weighted by Crippen LogP contribution is 2.13. The predicted molar refractivity (Wildman–Crippen MR) is 67.5 cm³/mol.